The molecule has 0 spiro atoms. The van der Waals surface area contributed by atoms with E-state index in [-0.39, 0.29) is 18.6 Å². The molecule has 1 rings (SSSR count). The zero-order chi connectivity index (χ0) is 15.1. The van der Waals surface area contributed by atoms with Crippen molar-refractivity contribution < 1.29 is 19.4 Å². The molecule has 0 amide bonds. The molecule has 0 fully saturated rings. The highest BCUT2D eigenvalue weighted by molar-refractivity contribution is 6.30. The lowest BCUT2D eigenvalue weighted by Crippen LogP contribution is -2.31. The predicted molar refractivity (Wildman–Crippen MR) is 76.3 cm³/mol. The lowest BCUT2D eigenvalue weighted by molar-refractivity contribution is -0.139. The first-order valence-electron chi connectivity index (χ1n) is 6.05. The molecule has 20 heavy (non-hydrogen) atoms. The van der Waals surface area contributed by atoms with Crippen LogP contribution in [0, 0.1) is 0 Å². The Balaban J connectivity index is 2.99. The minimum atomic E-state index is -1.17. The fourth-order valence-electron chi connectivity index (χ4n) is 1.51. The standard InChI is InChI=1S/C14H16ClNO4/c1-2-20-14(19)10(8-12(16)13(17)18)7-9-3-5-11(15)6-4-9/h3-7,12H,2,8,16H2,1H3,(H,17,18)/b10-7+/t12-/m1/s1. The zero-order valence-electron chi connectivity index (χ0n) is 11.0. The molecule has 0 heterocycles. The maximum Gasteiger partial charge on any atom is 0.334 e. The fourth-order valence-corrected chi connectivity index (χ4v) is 1.64. The summed E-state index contributed by atoms with van der Waals surface area (Å²) in [5.74, 6) is -1.74. The molecule has 0 radical (unpaired) electrons. The number of esters is 1. The third kappa shape index (κ3) is 5.03. The first-order chi connectivity index (χ1) is 9.43. The molecule has 3 N–H and O–H groups in total. The van der Waals surface area contributed by atoms with Crippen LogP contribution in [0.3, 0.4) is 0 Å². The molecular formula is C14H16ClNO4. The molecular weight excluding hydrogens is 282 g/mol. The number of ether oxygens (including phenoxy) is 1. The van der Waals surface area contributed by atoms with Gasteiger partial charge in [0.1, 0.15) is 6.04 Å². The summed E-state index contributed by atoms with van der Waals surface area (Å²) in [4.78, 5) is 22.6. The topological polar surface area (TPSA) is 89.6 Å². The second-order valence-electron chi connectivity index (χ2n) is 4.09. The lowest BCUT2D eigenvalue weighted by Gasteiger charge is -2.10. The van der Waals surface area contributed by atoms with Gasteiger partial charge in [0, 0.05) is 17.0 Å². The van der Waals surface area contributed by atoms with Crippen LogP contribution in [0.25, 0.3) is 6.08 Å². The number of benzene rings is 1. The van der Waals surface area contributed by atoms with Crippen molar-refractivity contribution in [2.45, 2.75) is 19.4 Å². The minimum Gasteiger partial charge on any atom is -0.480 e. The maximum atomic E-state index is 11.8. The fraction of sp³-hybridized carbons (Fsp3) is 0.286. The average Bonchev–Trinajstić information content (AvgIpc) is 2.40. The van der Waals surface area contributed by atoms with Crippen molar-refractivity contribution in [2.24, 2.45) is 5.73 Å². The van der Waals surface area contributed by atoms with E-state index in [0.29, 0.717) is 5.02 Å². The van der Waals surface area contributed by atoms with Crippen molar-refractivity contribution in [1.29, 1.82) is 0 Å². The van der Waals surface area contributed by atoms with Crippen LogP contribution >= 0.6 is 11.6 Å². The van der Waals surface area contributed by atoms with E-state index in [4.69, 9.17) is 27.2 Å². The van der Waals surface area contributed by atoms with Crippen LogP contribution in [0.1, 0.15) is 18.9 Å². The Labute approximate surface area is 122 Å². The minimum absolute atomic E-state index is 0.100. The third-order valence-electron chi connectivity index (χ3n) is 2.51. The van der Waals surface area contributed by atoms with Crippen LogP contribution < -0.4 is 5.73 Å². The number of hydrogen-bond acceptors (Lipinski definition) is 4. The molecule has 6 heteroatoms. The molecule has 0 aliphatic rings. The van der Waals surface area contributed by atoms with Crippen LogP contribution in [-0.2, 0) is 14.3 Å². The number of carbonyl (C=O) groups excluding carboxylic acids is 1. The van der Waals surface area contributed by atoms with Gasteiger partial charge in [-0.2, -0.15) is 0 Å². The quantitative estimate of drug-likeness (QED) is 0.620. The van der Waals surface area contributed by atoms with Gasteiger partial charge in [-0.15, -0.1) is 0 Å². The molecule has 0 aliphatic heterocycles. The largest absolute Gasteiger partial charge is 0.480 e. The van der Waals surface area contributed by atoms with Gasteiger partial charge in [0.2, 0.25) is 0 Å². The maximum absolute atomic E-state index is 11.8. The number of hydrogen-bond donors (Lipinski definition) is 2. The van der Waals surface area contributed by atoms with E-state index in [1.54, 1.807) is 37.3 Å². The van der Waals surface area contributed by atoms with Crippen LogP contribution in [0.4, 0.5) is 0 Å². The molecule has 1 atom stereocenters. The molecule has 0 aromatic heterocycles. The van der Waals surface area contributed by atoms with Gasteiger partial charge >= 0.3 is 11.9 Å². The van der Waals surface area contributed by atoms with Crippen LogP contribution in [0.2, 0.25) is 5.02 Å². The van der Waals surface area contributed by atoms with E-state index in [2.05, 4.69) is 0 Å². The Morgan fingerprint density at radius 3 is 2.50 bits per heavy atom. The first kappa shape index (κ1) is 16.2. The summed E-state index contributed by atoms with van der Waals surface area (Å²) >= 11 is 5.78. The van der Waals surface area contributed by atoms with Crippen LogP contribution in [0.15, 0.2) is 29.8 Å². The van der Waals surface area contributed by atoms with Crippen molar-refractivity contribution >= 4 is 29.6 Å². The molecule has 0 saturated heterocycles. The molecule has 0 bridgehead atoms. The van der Waals surface area contributed by atoms with Gasteiger partial charge in [-0.1, -0.05) is 23.7 Å². The van der Waals surface area contributed by atoms with Gasteiger partial charge in [-0.05, 0) is 30.7 Å². The third-order valence-corrected chi connectivity index (χ3v) is 2.76. The number of halogens is 1. The number of rotatable bonds is 6. The molecule has 1 aromatic carbocycles. The van der Waals surface area contributed by atoms with Gasteiger partial charge < -0.3 is 15.6 Å². The Morgan fingerprint density at radius 1 is 1.40 bits per heavy atom. The van der Waals surface area contributed by atoms with Gasteiger partial charge in [0.15, 0.2) is 0 Å². The Morgan fingerprint density at radius 2 is 2.00 bits per heavy atom. The van der Waals surface area contributed by atoms with E-state index < -0.39 is 18.0 Å². The average molecular weight is 298 g/mol. The Hall–Kier alpha value is -1.85. The number of aliphatic carboxylic acids is 1. The van der Waals surface area contributed by atoms with Crippen molar-refractivity contribution in [3.05, 3.63) is 40.4 Å². The molecule has 0 saturated carbocycles. The summed E-state index contributed by atoms with van der Waals surface area (Å²) in [7, 11) is 0. The first-order valence-corrected chi connectivity index (χ1v) is 6.43. The zero-order valence-corrected chi connectivity index (χ0v) is 11.8. The van der Waals surface area contributed by atoms with E-state index in [9.17, 15) is 9.59 Å². The van der Waals surface area contributed by atoms with E-state index in [1.165, 1.54) is 0 Å². The van der Waals surface area contributed by atoms with E-state index in [0.717, 1.165) is 5.56 Å². The predicted octanol–water partition coefficient (Wildman–Crippen LogP) is 2.09. The highest BCUT2D eigenvalue weighted by atomic mass is 35.5. The van der Waals surface area contributed by atoms with Crippen molar-refractivity contribution in [2.75, 3.05) is 6.61 Å². The Kier molecular flexibility index (Phi) is 6.21. The second kappa shape index (κ2) is 7.67. The summed E-state index contributed by atoms with van der Waals surface area (Å²) < 4.78 is 4.90. The normalized spacial score (nSPS) is 12.8. The van der Waals surface area contributed by atoms with Crippen LogP contribution in [0.5, 0.6) is 0 Å². The summed E-state index contributed by atoms with van der Waals surface area (Å²) in [5.41, 5.74) is 6.39. The lowest BCUT2D eigenvalue weighted by atomic mass is 10.0. The molecule has 108 valence electrons. The van der Waals surface area contributed by atoms with E-state index >= 15 is 0 Å². The highest BCUT2D eigenvalue weighted by Gasteiger charge is 2.19. The summed E-state index contributed by atoms with van der Waals surface area (Å²) in [6, 6.07) is 5.63. The Bertz CT molecular complexity index is 510. The summed E-state index contributed by atoms with van der Waals surface area (Å²) in [5, 5.41) is 9.39. The molecule has 5 nitrogen and oxygen atoms in total. The number of nitrogens with two attached hydrogens (primary N) is 1. The summed E-state index contributed by atoms with van der Waals surface area (Å²) in [6.07, 6.45) is 1.45. The van der Waals surface area contributed by atoms with Crippen LogP contribution in [-0.4, -0.2) is 29.7 Å². The van der Waals surface area contributed by atoms with Gasteiger partial charge in [-0.25, -0.2) is 4.79 Å². The SMILES string of the molecule is CCOC(=O)/C(=C/c1ccc(Cl)cc1)C[C@@H](N)C(=O)O. The number of carbonyl (C=O) groups is 2. The molecule has 0 aliphatic carbocycles. The summed E-state index contributed by atoms with van der Waals surface area (Å²) in [6.45, 7) is 1.88. The van der Waals surface area contributed by atoms with Crippen molar-refractivity contribution in [3.8, 4) is 0 Å². The smallest absolute Gasteiger partial charge is 0.334 e. The highest BCUT2D eigenvalue weighted by Crippen LogP contribution is 2.16. The molecule has 1 aromatic rings. The van der Waals surface area contributed by atoms with Gasteiger partial charge in [0.25, 0.3) is 0 Å². The van der Waals surface area contributed by atoms with Gasteiger partial charge in [0.05, 0.1) is 6.61 Å². The van der Waals surface area contributed by atoms with Gasteiger partial charge in [-0.3, -0.25) is 4.79 Å². The number of carboxylic acids is 1. The number of carboxylic acid groups (broad SMARTS) is 1. The monoisotopic (exact) mass is 297 g/mol. The second-order valence-corrected chi connectivity index (χ2v) is 4.53. The van der Waals surface area contributed by atoms with Crippen molar-refractivity contribution in [3.63, 3.8) is 0 Å². The molecule has 0 unspecified atom stereocenters. The van der Waals surface area contributed by atoms with E-state index in [1.807, 2.05) is 0 Å². The van der Waals surface area contributed by atoms with Crippen molar-refractivity contribution in [1.82, 2.24) is 0 Å².